The summed E-state index contributed by atoms with van der Waals surface area (Å²) < 4.78 is 5.64. The number of nitrogens with zero attached hydrogens (tertiary/aromatic N) is 3. The largest absolute Gasteiger partial charge is 0.378 e. The highest BCUT2D eigenvalue weighted by Crippen LogP contribution is 2.23. The van der Waals surface area contributed by atoms with Crippen molar-refractivity contribution >= 4 is 5.95 Å². The second kappa shape index (κ2) is 6.10. The zero-order valence-corrected chi connectivity index (χ0v) is 12.2. The molecule has 0 radical (unpaired) electrons. The van der Waals surface area contributed by atoms with Crippen LogP contribution >= 0.6 is 0 Å². The van der Waals surface area contributed by atoms with Crippen LogP contribution in [-0.2, 0) is 11.2 Å². The molecule has 6 heteroatoms. The maximum Gasteiger partial charge on any atom is 0.244 e. The van der Waals surface area contributed by atoms with Gasteiger partial charge in [-0.25, -0.2) is 0 Å². The average molecular weight is 279 g/mol. The summed E-state index contributed by atoms with van der Waals surface area (Å²) in [5.41, 5.74) is 5.98. The van der Waals surface area contributed by atoms with Crippen LogP contribution in [0.5, 0.6) is 0 Å². The van der Waals surface area contributed by atoms with E-state index in [1.165, 1.54) is 0 Å². The van der Waals surface area contributed by atoms with Crippen LogP contribution in [0.3, 0.4) is 0 Å². The Kier molecular flexibility index (Phi) is 4.21. The Balaban J connectivity index is 1.54. The first-order valence-electron chi connectivity index (χ1n) is 7.76. The first kappa shape index (κ1) is 13.8. The van der Waals surface area contributed by atoms with E-state index in [1.54, 1.807) is 0 Å². The van der Waals surface area contributed by atoms with Gasteiger partial charge in [0.25, 0.3) is 0 Å². The monoisotopic (exact) mass is 279 g/mol. The minimum absolute atomic E-state index is 0.291. The van der Waals surface area contributed by atoms with E-state index in [9.17, 15) is 0 Å². The summed E-state index contributed by atoms with van der Waals surface area (Å²) in [7, 11) is 0. The van der Waals surface area contributed by atoms with Crippen LogP contribution in [0.4, 0.5) is 5.95 Å². The maximum atomic E-state index is 5.98. The van der Waals surface area contributed by atoms with Crippen LogP contribution in [0.25, 0.3) is 0 Å². The Morgan fingerprint density at radius 3 is 2.85 bits per heavy atom. The molecule has 20 heavy (non-hydrogen) atoms. The van der Waals surface area contributed by atoms with Gasteiger partial charge in [-0.1, -0.05) is 0 Å². The number of nitrogens with one attached hydrogen (secondary N) is 1. The minimum atomic E-state index is 0.291. The van der Waals surface area contributed by atoms with Crippen LogP contribution in [-0.4, -0.2) is 47.0 Å². The predicted octanol–water partition coefficient (Wildman–Crippen LogP) is 1.09. The number of rotatable bonds is 4. The number of nitrogens with two attached hydrogens (primary N) is 1. The second-order valence-electron chi connectivity index (χ2n) is 6.10. The third-order valence-corrected chi connectivity index (χ3v) is 4.53. The lowest BCUT2D eigenvalue weighted by atomic mass is 9.91. The predicted molar refractivity (Wildman–Crippen MR) is 77.6 cm³/mol. The van der Waals surface area contributed by atoms with Gasteiger partial charge in [-0.05, 0) is 38.5 Å². The number of aromatic amines is 1. The fourth-order valence-electron chi connectivity index (χ4n) is 3.16. The third kappa shape index (κ3) is 3.12. The summed E-state index contributed by atoms with van der Waals surface area (Å²) in [5, 5.41) is 7.41. The fraction of sp³-hybridized carbons (Fsp3) is 0.857. The lowest BCUT2D eigenvalue weighted by molar-refractivity contribution is 0.110. The lowest BCUT2D eigenvalue weighted by Crippen LogP contribution is -2.40. The van der Waals surface area contributed by atoms with E-state index in [0.717, 1.165) is 63.6 Å². The van der Waals surface area contributed by atoms with Crippen molar-refractivity contribution in [2.24, 2.45) is 11.7 Å². The van der Waals surface area contributed by atoms with Crippen LogP contribution in [0, 0.1) is 5.92 Å². The Bertz CT molecular complexity index is 419. The Labute approximate surface area is 120 Å². The molecule has 2 unspecified atom stereocenters. The summed E-state index contributed by atoms with van der Waals surface area (Å²) in [6.07, 6.45) is 5.73. The molecule has 3 N–H and O–H groups in total. The summed E-state index contributed by atoms with van der Waals surface area (Å²) >= 11 is 0. The van der Waals surface area contributed by atoms with Gasteiger partial charge in [-0.15, -0.1) is 5.10 Å². The van der Waals surface area contributed by atoms with E-state index in [4.69, 9.17) is 10.5 Å². The highest BCUT2D eigenvalue weighted by Gasteiger charge is 2.24. The number of ether oxygens (including phenoxy) is 1. The minimum Gasteiger partial charge on any atom is -0.378 e. The number of aromatic nitrogens is 3. The second-order valence-corrected chi connectivity index (χ2v) is 6.10. The summed E-state index contributed by atoms with van der Waals surface area (Å²) in [6.45, 7) is 5.00. The molecule has 0 aliphatic carbocycles. The highest BCUT2D eigenvalue weighted by atomic mass is 16.5. The molecule has 2 fully saturated rings. The van der Waals surface area contributed by atoms with Crippen molar-refractivity contribution in [1.82, 2.24) is 15.2 Å². The van der Waals surface area contributed by atoms with Gasteiger partial charge >= 0.3 is 0 Å². The number of H-pyrrole nitrogens is 1. The van der Waals surface area contributed by atoms with E-state index >= 15 is 0 Å². The van der Waals surface area contributed by atoms with Gasteiger partial charge in [0.05, 0.1) is 6.10 Å². The van der Waals surface area contributed by atoms with Crippen molar-refractivity contribution in [3.63, 3.8) is 0 Å². The van der Waals surface area contributed by atoms with Gasteiger partial charge in [0, 0.05) is 32.2 Å². The summed E-state index contributed by atoms with van der Waals surface area (Å²) in [4.78, 5) is 6.87. The molecule has 0 bridgehead atoms. The molecule has 2 aliphatic rings. The molecular formula is C14H25N5O. The zero-order chi connectivity index (χ0) is 13.9. The molecule has 0 saturated carbocycles. The maximum absolute atomic E-state index is 5.98. The van der Waals surface area contributed by atoms with Gasteiger partial charge in [-0.3, -0.25) is 5.10 Å². The van der Waals surface area contributed by atoms with Crippen molar-refractivity contribution in [1.29, 1.82) is 0 Å². The standard InChI is InChI=1S/C14H25N5O/c1-10(15)11-4-6-19(7-5-11)14-16-13(17-18-14)9-12-3-2-8-20-12/h10-12H,2-9,15H2,1H3,(H,16,17,18). The van der Waals surface area contributed by atoms with E-state index < -0.39 is 0 Å². The zero-order valence-electron chi connectivity index (χ0n) is 12.2. The summed E-state index contributed by atoms with van der Waals surface area (Å²) in [5.74, 6) is 2.42. The van der Waals surface area contributed by atoms with Crippen LogP contribution in [0.1, 0.15) is 38.4 Å². The molecule has 112 valence electrons. The number of anilines is 1. The average Bonchev–Trinajstić information content (AvgIpc) is 3.11. The van der Waals surface area contributed by atoms with E-state index in [1.807, 2.05) is 0 Å². The highest BCUT2D eigenvalue weighted by molar-refractivity contribution is 5.29. The Morgan fingerprint density at radius 1 is 1.40 bits per heavy atom. The van der Waals surface area contributed by atoms with Crippen LogP contribution in [0.2, 0.25) is 0 Å². The molecule has 1 aromatic heterocycles. The molecule has 0 spiro atoms. The van der Waals surface area contributed by atoms with Crippen molar-refractivity contribution < 1.29 is 4.74 Å². The van der Waals surface area contributed by atoms with Crippen LogP contribution in [0.15, 0.2) is 0 Å². The van der Waals surface area contributed by atoms with Gasteiger partial charge in [0.1, 0.15) is 5.82 Å². The fourth-order valence-corrected chi connectivity index (χ4v) is 3.16. The van der Waals surface area contributed by atoms with Crippen molar-refractivity contribution in [2.75, 3.05) is 24.6 Å². The molecule has 3 rings (SSSR count). The molecule has 3 heterocycles. The van der Waals surface area contributed by atoms with E-state index in [2.05, 4.69) is 27.0 Å². The van der Waals surface area contributed by atoms with Crippen LogP contribution < -0.4 is 10.6 Å². The molecule has 6 nitrogen and oxygen atoms in total. The lowest BCUT2D eigenvalue weighted by Gasteiger charge is -2.32. The number of hydrogen-bond donors (Lipinski definition) is 2. The topological polar surface area (TPSA) is 80.1 Å². The van der Waals surface area contributed by atoms with Crippen molar-refractivity contribution in [2.45, 2.75) is 51.2 Å². The first-order valence-corrected chi connectivity index (χ1v) is 7.76. The van der Waals surface area contributed by atoms with E-state index in [0.29, 0.717) is 18.1 Å². The van der Waals surface area contributed by atoms with Gasteiger partial charge in [0.15, 0.2) is 0 Å². The Morgan fingerprint density at radius 2 is 2.20 bits per heavy atom. The first-order chi connectivity index (χ1) is 9.72. The molecule has 0 aromatic carbocycles. The number of piperidine rings is 1. The third-order valence-electron chi connectivity index (χ3n) is 4.53. The smallest absolute Gasteiger partial charge is 0.244 e. The SMILES string of the molecule is CC(N)C1CCN(c2n[nH]c(CC3CCCO3)n2)CC1. The Hall–Kier alpha value is -1.14. The molecule has 2 aliphatic heterocycles. The van der Waals surface area contributed by atoms with Crippen molar-refractivity contribution in [3.8, 4) is 0 Å². The van der Waals surface area contributed by atoms with Gasteiger partial charge in [0.2, 0.25) is 5.95 Å². The molecule has 1 aromatic rings. The summed E-state index contributed by atoms with van der Waals surface area (Å²) in [6, 6.07) is 0.291. The van der Waals surface area contributed by atoms with Gasteiger partial charge in [-0.2, -0.15) is 4.98 Å². The van der Waals surface area contributed by atoms with Gasteiger partial charge < -0.3 is 15.4 Å². The normalized spacial score (nSPS) is 26.1. The van der Waals surface area contributed by atoms with Crippen molar-refractivity contribution in [3.05, 3.63) is 5.82 Å². The quantitative estimate of drug-likeness (QED) is 0.862. The number of hydrogen-bond acceptors (Lipinski definition) is 5. The van der Waals surface area contributed by atoms with E-state index in [-0.39, 0.29) is 0 Å². The molecular weight excluding hydrogens is 254 g/mol. The molecule has 2 saturated heterocycles. The molecule has 0 amide bonds. The molecule has 2 atom stereocenters.